The van der Waals surface area contributed by atoms with Crippen molar-refractivity contribution in [1.29, 1.82) is 0 Å². The van der Waals surface area contributed by atoms with Crippen LogP contribution >= 0.6 is 0 Å². The highest BCUT2D eigenvalue weighted by Gasteiger charge is 2.19. The molecule has 1 aliphatic rings. The number of nitrogens with zero attached hydrogens (tertiary/aromatic N) is 1. The minimum absolute atomic E-state index is 0.0782. The molecule has 1 rings (SSSR count). The Hall–Kier alpha value is -1.10. The van der Waals surface area contributed by atoms with E-state index in [1.165, 1.54) is 32.8 Å². The zero-order valence-corrected chi connectivity index (χ0v) is 13.0. The molecule has 0 aromatic heterocycles. The molecule has 116 valence electrons. The van der Waals surface area contributed by atoms with Gasteiger partial charge in [0.15, 0.2) is 0 Å². The van der Waals surface area contributed by atoms with Crippen molar-refractivity contribution in [2.45, 2.75) is 52.0 Å². The van der Waals surface area contributed by atoms with Crippen LogP contribution in [0.15, 0.2) is 0 Å². The minimum atomic E-state index is -0.268. The lowest BCUT2D eigenvalue weighted by Crippen LogP contribution is -2.43. The van der Waals surface area contributed by atoms with Gasteiger partial charge < -0.3 is 15.0 Å². The molecule has 1 saturated carbocycles. The van der Waals surface area contributed by atoms with Crippen LogP contribution in [-0.4, -0.2) is 49.6 Å². The Labute approximate surface area is 122 Å². The highest BCUT2D eigenvalue weighted by atomic mass is 16.5. The van der Waals surface area contributed by atoms with Crippen LogP contribution in [0.2, 0.25) is 0 Å². The number of carbonyl (C=O) groups is 2. The van der Waals surface area contributed by atoms with Crippen molar-refractivity contribution in [3.05, 3.63) is 0 Å². The van der Waals surface area contributed by atoms with Crippen molar-refractivity contribution in [2.75, 3.05) is 26.7 Å². The molecule has 1 aliphatic carbocycles. The van der Waals surface area contributed by atoms with Crippen LogP contribution < -0.4 is 5.32 Å². The summed E-state index contributed by atoms with van der Waals surface area (Å²) in [5.41, 5.74) is 0. The van der Waals surface area contributed by atoms with E-state index < -0.39 is 0 Å². The molecule has 0 aliphatic heterocycles. The number of nitrogens with one attached hydrogen (secondary N) is 1. The summed E-state index contributed by atoms with van der Waals surface area (Å²) in [5, 5.41) is 3.33. The second kappa shape index (κ2) is 8.95. The lowest BCUT2D eigenvalue weighted by Gasteiger charge is -2.25. The standard InChI is InChI=1S/C15H28N2O3/c1-12(2)11-17(9-8-15(19)20-3)14(18)10-16-13-6-4-5-7-13/h12-13,16H,4-11H2,1-3H3. The fourth-order valence-corrected chi connectivity index (χ4v) is 2.56. The maximum absolute atomic E-state index is 12.2. The Kier molecular flexibility index (Phi) is 7.59. The van der Waals surface area contributed by atoms with E-state index in [1.807, 2.05) is 0 Å². The van der Waals surface area contributed by atoms with Gasteiger partial charge >= 0.3 is 5.97 Å². The number of ether oxygens (including phenoxy) is 1. The highest BCUT2D eigenvalue weighted by Crippen LogP contribution is 2.17. The molecule has 1 fully saturated rings. The summed E-state index contributed by atoms with van der Waals surface area (Å²) in [4.78, 5) is 25.2. The van der Waals surface area contributed by atoms with Gasteiger partial charge in [0, 0.05) is 19.1 Å². The maximum Gasteiger partial charge on any atom is 0.307 e. The molecule has 0 aromatic rings. The zero-order valence-electron chi connectivity index (χ0n) is 13.0. The predicted molar refractivity (Wildman–Crippen MR) is 78.3 cm³/mol. The molecule has 1 amide bonds. The van der Waals surface area contributed by atoms with Gasteiger partial charge in [0.25, 0.3) is 0 Å². The van der Waals surface area contributed by atoms with Crippen LogP contribution in [0.4, 0.5) is 0 Å². The topological polar surface area (TPSA) is 58.6 Å². The van der Waals surface area contributed by atoms with Crippen molar-refractivity contribution in [1.82, 2.24) is 10.2 Å². The first kappa shape index (κ1) is 17.0. The van der Waals surface area contributed by atoms with Crippen molar-refractivity contribution in [3.8, 4) is 0 Å². The van der Waals surface area contributed by atoms with E-state index in [0.29, 0.717) is 31.6 Å². The molecule has 0 heterocycles. The summed E-state index contributed by atoms with van der Waals surface area (Å²) in [5.74, 6) is 0.202. The molecule has 20 heavy (non-hydrogen) atoms. The summed E-state index contributed by atoms with van der Waals surface area (Å²) in [6.07, 6.45) is 5.10. The highest BCUT2D eigenvalue weighted by molar-refractivity contribution is 5.79. The maximum atomic E-state index is 12.2. The van der Waals surface area contributed by atoms with E-state index in [1.54, 1.807) is 4.90 Å². The van der Waals surface area contributed by atoms with Gasteiger partial charge in [-0.05, 0) is 18.8 Å². The number of esters is 1. The average molecular weight is 284 g/mol. The molecule has 0 unspecified atom stereocenters. The van der Waals surface area contributed by atoms with Gasteiger partial charge in [-0.2, -0.15) is 0 Å². The molecule has 5 heteroatoms. The molecule has 0 saturated heterocycles. The number of hydrogen-bond donors (Lipinski definition) is 1. The summed E-state index contributed by atoms with van der Waals surface area (Å²) >= 11 is 0. The molecule has 0 spiro atoms. The first-order valence-electron chi connectivity index (χ1n) is 7.61. The molecule has 0 bridgehead atoms. The Morgan fingerprint density at radius 1 is 1.30 bits per heavy atom. The fraction of sp³-hybridized carbons (Fsp3) is 0.867. The van der Waals surface area contributed by atoms with E-state index >= 15 is 0 Å². The number of hydrogen-bond acceptors (Lipinski definition) is 4. The molecule has 1 N–H and O–H groups in total. The van der Waals surface area contributed by atoms with E-state index in [9.17, 15) is 9.59 Å². The van der Waals surface area contributed by atoms with Gasteiger partial charge in [-0.25, -0.2) is 0 Å². The third kappa shape index (κ3) is 6.37. The second-order valence-corrected chi connectivity index (χ2v) is 5.92. The van der Waals surface area contributed by atoms with Crippen molar-refractivity contribution in [3.63, 3.8) is 0 Å². The minimum Gasteiger partial charge on any atom is -0.469 e. The Morgan fingerprint density at radius 2 is 1.95 bits per heavy atom. The lowest BCUT2D eigenvalue weighted by atomic mass is 10.2. The fourth-order valence-electron chi connectivity index (χ4n) is 2.56. The molecule has 0 radical (unpaired) electrons. The number of carbonyl (C=O) groups excluding carboxylic acids is 2. The number of amides is 1. The molecular weight excluding hydrogens is 256 g/mol. The third-order valence-corrected chi connectivity index (χ3v) is 3.65. The average Bonchev–Trinajstić information content (AvgIpc) is 2.93. The summed E-state index contributed by atoms with van der Waals surface area (Å²) < 4.78 is 4.63. The first-order chi connectivity index (χ1) is 9.52. The molecule has 0 aromatic carbocycles. The van der Waals surface area contributed by atoms with Gasteiger partial charge in [-0.3, -0.25) is 9.59 Å². The van der Waals surface area contributed by atoms with Crippen molar-refractivity contribution >= 4 is 11.9 Å². The number of rotatable bonds is 8. The molecular formula is C15H28N2O3. The van der Waals surface area contributed by atoms with Gasteiger partial charge in [-0.15, -0.1) is 0 Å². The zero-order chi connectivity index (χ0) is 15.0. The van der Waals surface area contributed by atoms with Gasteiger partial charge in [0.05, 0.1) is 20.1 Å². The van der Waals surface area contributed by atoms with E-state index in [2.05, 4.69) is 23.9 Å². The summed E-state index contributed by atoms with van der Waals surface area (Å²) in [6, 6.07) is 0.487. The van der Waals surface area contributed by atoms with Gasteiger partial charge in [-0.1, -0.05) is 26.7 Å². The van der Waals surface area contributed by atoms with Crippen LogP contribution in [-0.2, 0) is 14.3 Å². The predicted octanol–water partition coefficient (Wildman–Crippen LogP) is 1.57. The van der Waals surface area contributed by atoms with Crippen LogP contribution in [0.1, 0.15) is 46.0 Å². The summed E-state index contributed by atoms with van der Waals surface area (Å²) in [7, 11) is 1.37. The quantitative estimate of drug-likeness (QED) is 0.687. The van der Waals surface area contributed by atoms with Crippen LogP contribution in [0.3, 0.4) is 0 Å². The smallest absolute Gasteiger partial charge is 0.307 e. The Bertz CT molecular complexity index is 312. The second-order valence-electron chi connectivity index (χ2n) is 5.92. The van der Waals surface area contributed by atoms with Crippen molar-refractivity contribution < 1.29 is 14.3 Å². The van der Waals surface area contributed by atoms with E-state index in [0.717, 1.165) is 0 Å². The monoisotopic (exact) mass is 284 g/mol. The van der Waals surface area contributed by atoms with Crippen LogP contribution in [0, 0.1) is 5.92 Å². The first-order valence-corrected chi connectivity index (χ1v) is 7.61. The SMILES string of the molecule is COC(=O)CCN(CC(C)C)C(=O)CNC1CCCC1. The summed E-state index contributed by atoms with van der Waals surface area (Å²) in [6.45, 7) is 5.64. The normalized spacial score (nSPS) is 15.6. The van der Waals surface area contributed by atoms with Gasteiger partial charge in [0.2, 0.25) is 5.91 Å². The number of methoxy groups -OCH3 is 1. The largest absolute Gasteiger partial charge is 0.469 e. The van der Waals surface area contributed by atoms with Crippen molar-refractivity contribution in [2.24, 2.45) is 5.92 Å². The van der Waals surface area contributed by atoms with E-state index in [4.69, 9.17) is 0 Å². The molecule has 0 atom stereocenters. The Morgan fingerprint density at radius 3 is 2.50 bits per heavy atom. The van der Waals surface area contributed by atoms with Crippen LogP contribution in [0.25, 0.3) is 0 Å². The van der Waals surface area contributed by atoms with Crippen LogP contribution in [0.5, 0.6) is 0 Å². The molecule has 5 nitrogen and oxygen atoms in total. The third-order valence-electron chi connectivity index (χ3n) is 3.65. The lowest BCUT2D eigenvalue weighted by molar-refractivity contribution is -0.141. The van der Waals surface area contributed by atoms with Gasteiger partial charge in [0.1, 0.15) is 0 Å². The Balaban J connectivity index is 2.39. The van der Waals surface area contributed by atoms with E-state index in [-0.39, 0.29) is 18.3 Å².